The van der Waals surface area contributed by atoms with Crippen LogP contribution in [0.5, 0.6) is 17.2 Å². The van der Waals surface area contributed by atoms with Crippen molar-refractivity contribution in [3.05, 3.63) is 63.2 Å². The zero-order valence-electron chi connectivity index (χ0n) is 16.4. The summed E-state index contributed by atoms with van der Waals surface area (Å²) in [6, 6.07) is 6.47. The molecule has 0 bridgehead atoms. The number of carboxylic acid groups (broad SMARTS) is 1. The van der Waals surface area contributed by atoms with Gasteiger partial charge in [0, 0.05) is 11.8 Å². The van der Waals surface area contributed by atoms with Crippen LogP contribution in [-0.4, -0.2) is 41.8 Å². The number of fused-ring (bicyclic) bond motifs is 1. The molecule has 1 aromatic carbocycles. The Kier molecular flexibility index (Phi) is 5.54. The van der Waals surface area contributed by atoms with Crippen LogP contribution < -0.4 is 19.8 Å². The summed E-state index contributed by atoms with van der Waals surface area (Å²) in [5, 5.41) is 9.12. The van der Waals surface area contributed by atoms with Crippen LogP contribution in [-0.2, 0) is 0 Å². The van der Waals surface area contributed by atoms with Gasteiger partial charge >= 0.3 is 5.97 Å². The van der Waals surface area contributed by atoms with Gasteiger partial charge in [-0.25, -0.2) is 9.78 Å². The van der Waals surface area contributed by atoms with Crippen molar-refractivity contribution in [1.82, 2.24) is 9.38 Å². The molecule has 0 spiro atoms. The number of carboxylic acids is 1. The molecule has 8 nitrogen and oxygen atoms in total. The zero-order valence-corrected chi connectivity index (χ0v) is 16.4. The minimum atomic E-state index is -1.11. The van der Waals surface area contributed by atoms with Crippen molar-refractivity contribution in [3.8, 4) is 17.2 Å². The molecule has 150 valence electrons. The summed E-state index contributed by atoms with van der Waals surface area (Å²) in [6.07, 6.45) is 4.76. The summed E-state index contributed by atoms with van der Waals surface area (Å²) in [4.78, 5) is 28.3. The van der Waals surface area contributed by atoms with Gasteiger partial charge in [-0.05, 0) is 42.8 Å². The van der Waals surface area contributed by atoms with E-state index in [1.54, 1.807) is 31.2 Å². The number of rotatable bonds is 6. The Balaban J connectivity index is 2.07. The maximum Gasteiger partial charge on any atom is 0.337 e. The molecule has 3 aromatic rings. The van der Waals surface area contributed by atoms with E-state index in [9.17, 15) is 9.59 Å². The van der Waals surface area contributed by atoms with Gasteiger partial charge in [0.1, 0.15) is 5.65 Å². The lowest BCUT2D eigenvalue weighted by Crippen LogP contribution is -2.20. The van der Waals surface area contributed by atoms with Crippen LogP contribution in [0.3, 0.4) is 0 Å². The van der Waals surface area contributed by atoms with Crippen LogP contribution >= 0.6 is 0 Å². The molecule has 1 N–H and O–H groups in total. The van der Waals surface area contributed by atoms with Gasteiger partial charge in [-0.2, -0.15) is 0 Å². The zero-order chi connectivity index (χ0) is 21.1. The molecule has 0 saturated heterocycles. The van der Waals surface area contributed by atoms with Crippen LogP contribution in [0.1, 0.15) is 27.2 Å². The Morgan fingerprint density at radius 3 is 2.28 bits per heavy atom. The first kappa shape index (κ1) is 19.9. The van der Waals surface area contributed by atoms with E-state index in [4.69, 9.17) is 19.3 Å². The van der Waals surface area contributed by atoms with Crippen molar-refractivity contribution < 1.29 is 24.1 Å². The molecule has 0 saturated carbocycles. The third-order valence-electron chi connectivity index (χ3n) is 4.45. The topological polar surface area (TPSA) is 99.4 Å². The normalized spacial score (nSPS) is 11.0. The minimum Gasteiger partial charge on any atom is -0.493 e. The van der Waals surface area contributed by atoms with Gasteiger partial charge in [0.25, 0.3) is 5.56 Å². The maximum absolute atomic E-state index is 12.7. The Morgan fingerprint density at radius 2 is 1.72 bits per heavy atom. The van der Waals surface area contributed by atoms with E-state index < -0.39 is 5.97 Å². The van der Waals surface area contributed by atoms with Crippen LogP contribution in [0.25, 0.3) is 17.8 Å². The van der Waals surface area contributed by atoms with Crippen LogP contribution in [0.15, 0.2) is 35.3 Å². The standard InChI is InChI=1S/C21H20N2O6/c1-12-15(22-18-8-6-14(21(25)26)11-23(18)20(12)24)7-5-13-9-16(27-2)19(29-4)17(10-13)28-3/h5-11H,1-4H3,(H,25,26). The average Bonchev–Trinajstić information content (AvgIpc) is 2.73. The molecule has 0 aliphatic carbocycles. The van der Waals surface area contributed by atoms with Gasteiger partial charge in [0.2, 0.25) is 5.75 Å². The molecule has 0 fully saturated rings. The molecule has 0 aliphatic heterocycles. The SMILES string of the molecule is COc1cc(C=Cc2nc3ccc(C(=O)O)cn3c(=O)c2C)cc(OC)c1OC. The number of carbonyl (C=O) groups is 1. The number of hydrogen-bond donors (Lipinski definition) is 1. The van der Waals surface area contributed by atoms with Crippen molar-refractivity contribution in [2.45, 2.75) is 6.92 Å². The van der Waals surface area contributed by atoms with Crippen LogP contribution in [0.4, 0.5) is 0 Å². The summed E-state index contributed by atoms with van der Waals surface area (Å²) in [5.41, 5.74) is 1.68. The Morgan fingerprint density at radius 1 is 1.07 bits per heavy atom. The molecule has 3 rings (SSSR count). The first-order chi connectivity index (χ1) is 13.9. The van der Waals surface area contributed by atoms with E-state index >= 15 is 0 Å². The largest absolute Gasteiger partial charge is 0.493 e. The van der Waals surface area contributed by atoms with Gasteiger partial charge in [-0.3, -0.25) is 9.20 Å². The fourth-order valence-electron chi connectivity index (χ4n) is 2.91. The fourth-order valence-corrected chi connectivity index (χ4v) is 2.91. The van der Waals surface area contributed by atoms with Gasteiger partial charge in [-0.1, -0.05) is 6.08 Å². The fraction of sp³-hybridized carbons (Fsp3) is 0.190. The van der Waals surface area contributed by atoms with E-state index in [1.807, 2.05) is 0 Å². The van der Waals surface area contributed by atoms with Crippen molar-refractivity contribution >= 4 is 23.8 Å². The minimum absolute atomic E-state index is 0.0153. The number of aromatic carboxylic acids is 1. The number of aromatic nitrogens is 2. The van der Waals surface area contributed by atoms with Gasteiger partial charge in [0.05, 0.1) is 32.6 Å². The molecule has 2 aromatic heterocycles. The predicted octanol–water partition coefficient (Wildman–Crippen LogP) is 2.90. The lowest BCUT2D eigenvalue weighted by atomic mass is 10.1. The van der Waals surface area contributed by atoms with Crippen molar-refractivity contribution in [3.63, 3.8) is 0 Å². The summed E-state index contributed by atoms with van der Waals surface area (Å²) < 4.78 is 17.2. The second kappa shape index (κ2) is 8.05. The highest BCUT2D eigenvalue weighted by Crippen LogP contribution is 2.38. The molecule has 29 heavy (non-hydrogen) atoms. The lowest BCUT2D eigenvalue weighted by Gasteiger charge is -2.12. The van der Waals surface area contributed by atoms with E-state index in [0.29, 0.717) is 34.2 Å². The lowest BCUT2D eigenvalue weighted by molar-refractivity contribution is 0.0696. The quantitative estimate of drug-likeness (QED) is 0.684. The first-order valence-electron chi connectivity index (χ1n) is 8.64. The number of nitrogens with zero attached hydrogens (tertiary/aromatic N) is 2. The molecule has 0 radical (unpaired) electrons. The summed E-state index contributed by atoms with van der Waals surface area (Å²) >= 11 is 0. The number of methoxy groups -OCH3 is 3. The third-order valence-corrected chi connectivity index (χ3v) is 4.45. The third kappa shape index (κ3) is 3.77. The smallest absolute Gasteiger partial charge is 0.337 e. The molecule has 8 heteroatoms. The Bertz CT molecular complexity index is 1150. The van der Waals surface area contributed by atoms with Crippen molar-refractivity contribution in [2.24, 2.45) is 0 Å². The van der Waals surface area contributed by atoms with Gasteiger partial charge in [-0.15, -0.1) is 0 Å². The Hall–Kier alpha value is -3.81. The first-order valence-corrected chi connectivity index (χ1v) is 8.64. The number of pyridine rings is 1. The monoisotopic (exact) mass is 396 g/mol. The highest BCUT2D eigenvalue weighted by atomic mass is 16.5. The molecule has 0 amide bonds. The second-order valence-electron chi connectivity index (χ2n) is 6.17. The van der Waals surface area contributed by atoms with E-state index in [1.165, 1.54) is 44.1 Å². The number of hydrogen-bond acceptors (Lipinski definition) is 6. The second-order valence-corrected chi connectivity index (χ2v) is 6.17. The van der Waals surface area contributed by atoms with Gasteiger partial charge < -0.3 is 19.3 Å². The maximum atomic E-state index is 12.7. The molecule has 0 atom stereocenters. The number of ether oxygens (including phenoxy) is 3. The summed E-state index contributed by atoms with van der Waals surface area (Å²) in [6.45, 7) is 1.64. The van der Waals surface area contributed by atoms with Gasteiger partial charge in [0.15, 0.2) is 11.5 Å². The van der Waals surface area contributed by atoms with Crippen molar-refractivity contribution in [1.29, 1.82) is 0 Å². The van der Waals surface area contributed by atoms with E-state index in [2.05, 4.69) is 4.98 Å². The molecular formula is C21H20N2O6. The van der Waals surface area contributed by atoms with Crippen LogP contribution in [0.2, 0.25) is 0 Å². The van der Waals surface area contributed by atoms with Crippen molar-refractivity contribution in [2.75, 3.05) is 21.3 Å². The highest BCUT2D eigenvalue weighted by molar-refractivity contribution is 5.87. The van der Waals surface area contributed by atoms with E-state index in [0.717, 1.165) is 5.56 Å². The summed E-state index contributed by atoms with van der Waals surface area (Å²) in [5.74, 6) is 0.398. The van der Waals surface area contributed by atoms with E-state index in [-0.39, 0.29) is 11.1 Å². The average molecular weight is 396 g/mol. The number of benzene rings is 1. The highest BCUT2D eigenvalue weighted by Gasteiger charge is 2.13. The Labute approximate surface area is 166 Å². The molecule has 2 heterocycles. The molecular weight excluding hydrogens is 376 g/mol. The predicted molar refractivity (Wildman–Crippen MR) is 108 cm³/mol. The summed E-state index contributed by atoms with van der Waals surface area (Å²) in [7, 11) is 4.60. The van der Waals surface area contributed by atoms with Crippen LogP contribution in [0, 0.1) is 6.92 Å². The molecule has 0 unspecified atom stereocenters. The molecule has 0 aliphatic rings.